The number of benzene rings is 1. The van der Waals surface area contributed by atoms with Crippen LogP contribution in [0.3, 0.4) is 0 Å². The quantitative estimate of drug-likeness (QED) is 0.239. The minimum atomic E-state index is -5.97. The summed E-state index contributed by atoms with van der Waals surface area (Å²) in [5.41, 5.74) is 3.12. The van der Waals surface area contributed by atoms with Crippen molar-refractivity contribution in [1.29, 1.82) is 0 Å². The van der Waals surface area contributed by atoms with Crippen molar-refractivity contribution >= 4 is 11.8 Å². The lowest BCUT2D eigenvalue weighted by Gasteiger charge is -2.27. The fourth-order valence-electron chi connectivity index (χ4n) is 2.45. The molecular weight excluding hydrogens is 417 g/mol. The summed E-state index contributed by atoms with van der Waals surface area (Å²) in [5, 5.41) is 27.8. The van der Waals surface area contributed by atoms with Gasteiger partial charge in [0.1, 0.15) is 0 Å². The highest BCUT2D eigenvalue weighted by molar-refractivity contribution is 6.01. The number of aliphatic hydroxyl groups excluding tert-OH is 2. The zero-order valence-electron chi connectivity index (χ0n) is 15.7. The van der Waals surface area contributed by atoms with Crippen molar-refractivity contribution in [2.45, 2.75) is 49.4 Å². The molecule has 6 nitrogen and oxygen atoms in total. The monoisotopic (exact) mass is 439 g/mol. The van der Waals surface area contributed by atoms with Crippen molar-refractivity contribution in [2.24, 2.45) is 5.73 Å². The molecule has 0 aliphatic heterocycles. The number of ketones is 1. The number of alkyl halides is 5. The first-order chi connectivity index (χ1) is 13.8. The summed E-state index contributed by atoms with van der Waals surface area (Å²) in [5.74, 6) is -9.31. The van der Waals surface area contributed by atoms with Gasteiger partial charge in [0.05, 0.1) is 12.7 Å². The van der Waals surface area contributed by atoms with Gasteiger partial charge < -0.3 is 21.1 Å². The summed E-state index contributed by atoms with van der Waals surface area (Å²) in [6, 6.07) is 4.35. The van der Waals surface area contributed by atoms with Gasteiger partial charge in [0.25, 0.3) is 0 Å². The number of carboxylic acid groups (broad SMARTS) is 1. The molecule has 0 radical (unpaired) electrons. The Morgan fingerprint density at radius 1 is 1.03 bits per heavy atom. The molecular formula is C19H22F5NO5. The van der Waals surface area contributed by atoms with Crippen LogP contribution in [-0.2, 0) is 11.2 Å². The van der Waals surface area contributed by atoms with E-state index in [-0.39, 0.29) is 12.8 Å². The number of carbonyl (C=O) groups excluding carboxylic acids is 1. The average molecular weight is 439 g/mol. The number of carbonyl (C=O) groups is 2. The van der Waals surface area contributed by atoms with E-state index in [1.807, 2.05) is 0 Å². The maximum atomic E-state index is 13.1. The van der Waals surface area contributed by atoms with Crippen LogP contribution in [-0.4, -0.2) is 57.4 Å². The Morgan fingerprint density at radius 3 is 2.03 bits per heavy atom. The van der Waals surface area contributed by atoms with E-state index in [9.17, 15) is 36.6 Å². The number of aliphatic carboxylic acids is 1. The standard InChI is InChI=1S/C19H22F5NO5/c20-18(21,19(22,23)24)15(28)13-9-7-12(8-10-13)5-3-1-2-4-6-14(27)17(25,11-26)16(29)30/h1-2,7-10,14,26-27H,3-6,11,25H2,(H,29,30)/b2-1+. The lowest BCUT2D eigenvalue weighted by Crippen LogP contribution is -2.60. The smallest absolute Gasteiger partial charge is 0.461 e. The zero-order valence-corrected chi connectivity index (χ0v) is 15.7. The van der Waals surface area contributed by atoms with Crippen molar-refractivity contribution < 1.29 is 46.9 Å². The first-order valence-electron chi connectivity index (χ1n) is 8.82. The number of aliphatic hydroxyl groups is 2. The Labute approximate surface area is 168 Å². The highest BCUT2D eigenvalue weighted by Crippen LogP contribution is 2.38. The number of rotatable bonds is 11. The van der Waals surface area contributed by atoms with Crippen LogP contribution in [0.1, 0.15) is 35.2 Å². The second kappa shape index (κ2) is 10.1. The van der Waals surface area contributed by atoms with Crippen LogP contribution in [0.5, 0.6) is 0 Å². The molecule has 1 aromatic rings. The Morgan fingerprint density at radius 2 is 1.57 bits per heavy atom. The Kier molecular flexibility index (Phi) is 8.64. The van der Waals surface area contributed by atoms with E-state index < -0.39 is 47.7 Å². The van der Waals surface area contributed by atoms with Gasteiger partial charge in [-0.1, -0.05) is 36.4 Å². The van der Waals surface area contributed by atoms with E-state index in [1.54, 1.807) is 12.2 Å². The molecule has 0 aromatic heterocycles. The van der Waals surface area contributed by atoms with E-state index in [0.717, 1.165) is 12.1 Å². The topological polar surface area (TPSA) is 121 Å². The lowest BCUT2D eigenvalue weighted by atomic mass is 9.91. The molecule has 0 amide bonds. The van der Waals surface area contributed by atoms with Gasteiger partial charge in [-0.25, -0.2) is 0 Å². The third-order valence-electron chi connectivity index (χ3n) is 4.48. The van der Waals surface area contributed by atoms with Gasteiger partial charge in [0.15, 0.2) is 5.54 Å². The highest BCUT2D eigenvalue weighted by Gasteiger charge is 2.63. The van der Waals surface area contributed by atoms with Crippen LogP contribution >= 0.6 is 0 Å². The largest absolute Gasteiger partial charge is 0.480 e. The van der Waals surface area contributed by atoms with Crippen LogP contribution in [0.2, 0.25) is 0 Å². The number of Topliss-reactive ketones (excluding diaryl/α,β-unsaturated/α-hetero) is 1. The summed E-state index contributed by atoms with van der Waals surface area (Å²) >= 11 is 0. The molecule has 1 aromatic carbocycles. The summed E-state index contributed by atoms with van der Waals surface area (Å²) in [6.45, 7) is -0.930. The van der Waals surface area contributed by atoms with Crippen molar-refractivity contribution in [1.82, 2.24) is 0 Å². The molecule has 5 N–H and O–H groups in total. The Balaban J connectivity index is 2.54. The number of hydrogen-bond acceptors (Lipinski definition) is 5. The second-order valence-electron chi connectivity index (χ2n) is 6.71. The van der Waals surface area contributed by atoms with Crippen LogP contribution in [0.15, 0.2) is 36.4 Å². The van der Waals surface area contributed by atoms with Gasteiger partial charge in [-0.15, -0.1) is 0 Å². The molecule has 0 bridgehead atoms. The predicted molar refractivity (Wildman–Crippen MR) is 96.1 cm³/mol. The molecule has 0 fully saturated rings. The predicted octanol–water partition coefficient (Wildman–Crippen LogP) is 2.47. The van der Waals surface area contributed by atoms with Gasteiger partial charge in [-0.3, -0.25) is 9.59 Å². The summed E-state index contributed by atoms with van der Waals surface area (Å²) in [4.78, 5) is 22.4. The molecule has 1 rings (SSSR count). The molecule has 0 heterocycles. The third-order valence-corrected chi connectivity index (χ3v) is 4.48. The first-order valence-corrected chi connectivity index (χ1v) is 8.82. The van der Waals surface area contributed by atoms with Gasteiger partial charge >= 0.3 is 18.1 Å². The average Bonchev–Trinajstić information content (AvgIpc) is 2.68. The van der Waals surface area contributed by atoms with Crippen molar-refractivity contribution in [3.8, 4) is 0 Å². The summed E-state index contributed by atoms with van der Waals surface area (Å²) in [6.07, 6.45) is -2.98. The number of hydrogen-bond donors (Lipinski definition) is 4. The molecule has 168 valence electrons. The van der Waals surface area contributed by atoms with E-state index in [0.29, 0.717) is 18.4 Å². The normalized spacial score (nSPS) is 15.7. The zero-order chi connectivity index (χ0) is 23.2. The number of nitrogens with two attached hydrogens (primary N) is 1. The van der Waals surface area contributed by atoms with Crippen LogP contribution < -0.4 is 5.73 Å². The van der Waals surface area contributed by atoms with Gasteiger partial charge in [0.2, 0.25) is 5.78 Å². The number of aryl methyl sites for hydroxylation is 1. The maximum absolute atomic E-state index is 13.1. The minimum absolute atomic E-state index is 0.00984. The van der Waals surface area contributed by atoms with Crippen molar-refractivity contribution in [2.75, 3.05) is 6.61 Å². The molecule has 30 heavy (non-hydrogen) atoms. The maximum Gasteiger partial charge on any atom is 0.461 e. The van der Waals surface area contributed by atoms with Crippen LogP contribution in [0.4, 0.5) is 22.0 Å². The fourth-order valence-corrected chi connectivity index (χ4v) is 2.45. The third kappa shape index (κ3) is 6.07. The van der Waals surface area contributed by atoms with Crippen LogP contribution in [0.25, 0.3) is 0 Å². The molecule has 0 spiro atoms. The fraction of sp³-hybridized carbons (Fsp3) is 0.474. The first kappa shape index (κ1) is 25.7. The van der Waals surface area contributed by atoms with Gasteiger partial charge in [0, 0.05) is 5.56 Å². The molecule has 11 heteroatoms. The Hall–Kier alpha value is -2.37. The molecule has 0 aliphatic carbocycles. The molecule has 0 saturated carbocycles. The van der Waals surface area contributed by atoms with Crippen LogP contribution in [0, 0.1) is 0 Å². The number of halogens is 5. The molecule has 2 atom stereocenters. The van der Waals surface area contributed by atoms with E-state index in [2.05, 4.69) is 0 Å². The SMILES string of the molecule is NC(CO)(C(=O)O)C(O)CC/C=C/CCc1ccc(C(=O)C(F)(F)C(F)(F)F)cc1. The number of carboxylic acids is 1. The molecule has 0 aliphatic rings. The van der Waals surface area contributed by atoms with E-state index >= 15 is 0 Å². The van der Waals surface area contributed by atoms with Crippen molar-refractivity contribution in [3.63, 3.8) is 0 Å². The molecule has 2 unspecified atom stereocenters. The van der Waals surface area contributed by atoms with Gasteiger partial charge in [-0.2, -0.15) is 22.0 Å². The Bertz CT molecular complexity index is 764. The summed E-state index contributed by atoms with van der Waals surface area (Å²) in [7, 11) is 0. The van der Waals surface area contributed by atoms with Crippen molar-refractivity contribution in [3.05, 3.63) is 47.5 Å². The highest BCUT2D eigenvalue weighted by atomic mass is 19.4. The van der Waals surface area contributed by atoms with E-state index in [1.165, 1.54) is 12.1 Å². The van der Waals surface area contributed by atoms with Gasteiger partial charge in [-0.05, 0) is 31.2 Å². The lowest BCUT2D eigenvalue weighted by molar-refractivity contribution is -0.255. The second-order valence-corrected chi connectivity index (χ2v) is 6.71. The number of allylic oxidation sites excluding steroid dienone is 2. The molecule has 0 saturated heterocycles. The minimum Gasteiger partial charge on any atom is -0.480 e. The van der Waals surface area contributed by atoms with E-state index in [4.69, 9.17) is 15.9 Å². The summed E-state index contributed by atoms with van der Waals surface area (Å²) < 4.78 is 62.9.